The molecule has 0 saturated carbocycles. The molecule has 0 aliphatic rings. The molecule has 2 aromatic carbocycles. The standard InChI is InChI=1S/C28H34N8O2/c1-8-27(37)31-22-15-23(26(38-7)16-25(22)35(5)12-11-34(3)4)33-28-29-10-9-21(32-28)19-13-18(2)14-24-20(19)17-30-36(24)6/h8-10,13-17H,1,11-12H2,2-7H3,(H,31,37)(H,29,32,33). The van der Waals surface area contributed by atoms with Gasteiger partial charge in [-0.25, -0.2) is 9.97 Å². The third-order valence-corrected chi connectivity index (χ3v) is 6.24. The van der Waals surface area contributed by atoms with E-state index >= 15 is 0 Å². The number of hydrogen-bond acceptors (Lipinski definition) is 8. The van der Waals surface area contributed by atoms with E-state index in [1.165, 1.54) is 6.08 Å². The number of rotatable bonds is 10. The molecule has 0 radical (unpaired) electrons. The summed E-state index contributed by atoms with van der Waals surface area (Å²) in [5.41, 5.74) is 5.94. The first kappa shape index (κ1) is 26.6. The average molecular weight is 515 g/mol. The Labute approximate surface area is 222 Å². The van der Waals surface area contributed by atoms with Crippen LogP contribution in [0.15, 0.2) is 55.4 Å². The maximum Gasteiger partial charge on any atom is 0.247 e. The fourth-order valence-electron chi connectivity index (χ4n) is 4.20. The van der Waals surface area contributed by atoms with Crippen LogP contribution in [0.4, 0.5) is 23.0 Å². The molecular formula is C28H34N8O2. The molecule has 2 heterocycles. The second kappa shape index (κ2) is 11.3. The van der Waals surface area contributed by atoms with E-state index in [0.29, 0.717) is 23.1 Å². The second-order valence-corrected chi connectivity index (χ2v) is 9.39. The Bertz CT molecular complexity index is 1480. The van der Waals surface area contributed by atoms with E-state index in [-0.39, 0.29) is 5.91 Å². The Balaban J connectivity index is 1.72. The van der Waals surface area contributed by atoms with Crippen LogP contribution in [-0.2, 0) is 11.8 Å². The van der Waals surface area contributed by atoms with E-state index in [2.05, 4.69) is 56.2 Å². The highest BCUT2D eigenvalue weighted by Crippen LogP contribution is 2.38. The lowest BCUT2D eigenvalue weighted by atomic mass is 10.0. The number of hydrogen-bond donors (Lipinski definition) is 2. The van der Waals surface area contributed by atoms with Crippen molar-refractivity contribution in [2.45, 2.75) is 6.92 Å². The molecule has 0 fully saturated rings. The van der Waals surface area contributed by atoms with Gasteiger partial charge in [0.05, 0.1) is 41.6 Å². The summed E-state index contributed by atoms with van der Waals surface area (Å²) in [4.78, 5) is 25.6. The van der Waals surface area contributed by atoms with Gasteiger partial charge in [-0.3, -0.25) is 9.48 Å². The minimum atomic E-state index is -0.304. The topological polar surface area (TPSA) is 100 Å². The minimum Gasteiger partial charge on any atom is -0.494 e. The Morgan fingerprint density at radius 3 is 2.66 bits per heavy atom. The fraction of sp³-hybridized carbons (Fsp3) is 0.286. The lowest BCUT2D eigenvalue weighted by Crippen LogP contribution is -2.29. The number of likely N-dealkylation sites (N-methyl/N-ethyl adjacent to an activating group) is 2. The first-order valence-electron chi connectivity index (χ1n) is 12.2. The number of carbonyl (C=O) groups is 1. The zero-order chi connectivity index (χ0) is 27.4. The molecule has 0 bridgehead atoms. The van der Waals surface area contributed by atoms with Gasteiger partial charge >= 0.3 is 0 Å². The van der Waals surface area contributed by atoms with Gasteiger partial charge < -0.3 is 25.2 Å². The van der Waals surface area contributed by atoms with E-state index in [1.54, 1.807) is 13.3 Å². The molecule has 10 nitrogen and oxygen atoms in total. The van der Waals surface area contributed by atoms with Gasteiger partial charge in [0.1, 0.15) is 5.75 Å². The summed E-state index contributed by atoms with van der Waals surface area (Å²) in [5, 5.41) is 11.6. The van der Waals surface area contributed by atoms with Crippen molar-refractivity contribution in [2.24, 2.45) is 7.05 Å². The molecule has 2 N–H and O–H groups in total. The number of benzene rings is 2. The van der Waals surface area contributed by atoms with Crippen molar-refractivity contribution < 1.29 is 9.53 Å². The third kappa shape index (κ3) is 5.76. The lowest BCUT2D eigenvalue weighted by Gasteiger charge is -2.26. The Kier molecular flexibility index (Phi) is 7.92. The highest BCUT2D eigenvalue weighted by Gasteiger charge is 2.17. The minimum absolute atomic E-state index is 0.304. The molecule has 0 saturated heterocycles. The summed E-state index contributed by atoms with van der Waals surface area (Å²) in [5.74, 6) is 0.683. The molecule has 2 aromatic heterocycles. The maximum absolute atomic E-state index is 12.2. The first-order valence-corrected chi connectivity index (χ1v) is 12.2. The third-order valence-electron chi connectivity index (χ3n) is 6.24. The van der Waals surface area contributed by atoms with Crippen molar-refractivity contribution in [1.82, 2.24) is 24.6 Å². The number of amides is 1. The van der Waals surface area contributed by atoms with Gasteiger partial charge in [-0.05, 0) is 56.9 Å². The van der Waals surface area contributed by atoms with Gasteiger partial charge in [-0.2, -0.15) is 5.10 Å². The number of carbonyl (C=O) groups excluding carboxylic acids is 1. The van der Waals surface area contributed by atoms with Crippen molar-refractivity contribution in [3.05, 3.63) is 60.9 Å². The zero-order valence-electron chi connectivity index (χ0n) is 22.7. The van der Waals surface area contributed by atoms with Crippen LogP contribution in [0, 0.1) is 6.92 Å². The van der Waals surface area contributed by atoms with Gasteiger partial charge in [0, 0.05) is 50.4 Å². The smallest absolute Gasteiger partial charge is 0.247 e. The van der Waals surface area contributed by atoms with Crippen LogP contribution >= 0.6 is 0 Å². The van der Waals surface area contributed by atoms with Crippen LogP contribution in [-0.4, -0.2) is 71.9 Å². The molecular weight excluding hydrogens is 480 g/mol. The summed E-state index contributed by atoms with van der Waals surface area (Å²) < 4.78 is 7.57. The SMILES string of the molecule is C=CC(=O)Nc1cc(Nc2nccc(-c3cc(C)cc4c3cnn4C)n2)c(OC)cc1N(C)CCN(C)C. The number of aryl methyl sites for hydroxylation is 2. The number of fused-ring (bicyclic) bond motifs is 1. The largest absolute Gasteiger partial charge is 0.494 e. The Morgan fingerprint density at radius 2 is 1.95 bits per heavy atom. The predicted octanol–water partition coefficient (Wildman–Crippen LogP) is 4.21. The molecule has 1 amide bonds. The lowest BCUT2D eigenvalue weighted by molar-refractivity contribution is -0.111. The predicted molar refractivity (Wildman–Crippen MR) is 153 cm³/mol. The molecule has 10 heteroatoms. The van der Waals surface area contributed by atoms with Gasteiger partial charge in [-0.15, -0.1) is 0 Å². The van der Waals surface area contributed by atoms with Crippen molar-refractivity contribution >= 4 is 39.8 Å². The van der Waals surface area contributed by atoms with Crippen LogP contribution in [0.3, 0.4) is 0 Å². The zero-order valence-corrected chi connectivity index (χ0v) is 22.7. The van der Waals surface area contributed by atoms with Crippen molar-refractivity contribution in [3.8, 4) is 17.0 Å². The first-order chi connectivity index (χ1) is 18.2. The molecule has 0 aliphatic carbocycles. The van der Waals surface area contributed by atoms with Gasteiger partial charge in [0.2, 0.25) is 11.9 Å². The summed E-state index contributed by atoms with van der Waals surface area (Å²) in [7, 11) is 9.55. The van der Waals surface area contributed by atoms with Gasteiger partial charge in [0.25, 0.3) is 0 Å². The van der Waals surface area contributed by atoms with Crippen LogP contribution in [0.2, 0.25) is 0 Å². The van der Waals surface area contributed by atoms with E-state index in [9.17, 15) is 4.79 Å². The van der Waals surface area contributed by atoms with E-state index in [4.69, 9.17) is 9.72 Å². The number of aromatic nitrogens is 4. The van der Waals surface area contributed by atoms with E-state index in [0.717, 1.165) is 46.5 Å². The van der Waals surface area contributed by atoms with Gasteiger partial charge in [0.15, 0.2) is 0 Å². The molecule has 0 unspecified atom stereocenters. The quantitative estimate of drug-likeness (QED) is 0.304. The normalized spacial score (nSPS) is 11.0. The summed E-state index contributed by atoms with van der Waals surface area (Å²) in [6.45, 7) is 7.24. The molecule has 0 spiro atoms. The maximum atomic E-state index is 12.2. The molecule has 0 atom stereocenters. The summed E-state index contributed by atoms with van der Waals surface area (Å²) >= 11 is 0. The number of nitrogens with zero attached hydrogens (tertiary/aromatic N) is 6. The summed E-state index contributed by atoms with van der Waals surface area (Å²) in [6, 6.07) is 9.79. The molecule has 38 heavy (non-hydrogen) atoms. The number of methoxy groups -OCH3 is 1. The van der Waals surface area contributed by atoms with Crippen LogP contribution < -0.4 is 20.3 Å². The van der Waals surface area contributed by atoms with Crippen molar-refractivity contribution in [2.75, 3.05) is 56.9 Å². The highest BCUT2D eigenvalue weighted by atomic mass is 16.5. The fourth-order valence-corrected chi connectivity index (χ4v) is 4.20. The molecule has 4 aromatic rings. The number of nitrogens with one attached hydrogen (secondary N) is 2. The highest BCUT2D eigenvalue weighted by molar-refractivity contribution is 6.02. The van der Waals surface area contributed by atoms with Crippen LogP contribution in [0.1, 0.15) is 5.56 Å². The Morgan fingerprint density at radius 1 is 1.16 bits per heavy atom. The van der Waals surface area contributed by atoms with Gasteiger partial charge in [-0.1, -0.05) is 6.58 Å². The number of ether oxygens (including phenoxy) is 1. The second-order valence-electron chi connectivity index (χ2n) is 9.39. The Hall–Kier alpha value is -4.44. The van der Waals surface area contributed by atoms with Crippen molar-refractivity contribution in [1.29, 1.82) is 0 Å². The molecule has 198 valence electrons. The van der Waals surface area contributed by atoms with Crippen molar-refractivity contribution in [3.63, 3.8) is 0 Å². The number of anilines is 4. The monoisotopic (exact) mass is 514 g/mol. The average Bonchev–Trinajstić information content (AvgIpc) is 3.27. The molecule has 4 rings (SSSR count). The van der Waals surface area contributed by atoms with Crippen LogP contribution in [0.5, 0.6) is 5.75 Å². The van der Waals surface area contributed by atoms with E-state index in [1.807, 2.05) is 57.3 Å². The molecule has 0 aliphatic heterocycles. The summed E-state index contributed by atoms with van der Waals surface area (Å²) in [6.07, 6.45) is 4.81. The van der Waals surface area contributed by atoms with Crippen LogP contribution in [0.25, 0.3) is 22.2 Å². The van der Waals surface area contributed by atoms with E-state index < -0.39 is 0 Å².